The zero-order chi connectivity index (χ0) is 21.1. The number of carbonyl (C=O) groups is 2. The number of thiazole rings is 1. The summed E-state index contributed by atoms with van der Waals surface area (Å²) in [5.41, 5.74) is 9.42. The number of nitrogen functional groups attached to an aromatic ring is 1. The molecule has 0 spiro atoms. The lowest BCUT2D eigenvalue weighted by molar-refractivity contribution is -0.119. The number of hydrogen-bond donors (Lipinski definition) is 2. The Morgan fingerprint density at radius 1 is 1.07 bits per heavy atom. The highest BCUT2D eigenvalue weighted by atomic mass is 32.1. The number of anilines is 2. The number of nitrogens with two attached hydrogens (primary N) is 1. The predicted octanol–water partition coefficient (Wildman–Crippen LogP) is 4.65. The van der Waals surface area contributed by atoms with E-state index in [9.17, 15) is 9.59 Å². The molecule has 0 fully saturated rings. The number of rotatable bonds is 5. The van der Waals surface area contributed by atoms with Crippen LogP contribution in [-0.4, -0.2) is 23.5 Å². The normalized spacial score (nSPS) is 10.7. The number of esters is 1. The molecule has 1 heterocycles. The second-order valence-corrected chi connectivity index (χ2v) is 7.67. The molecule has 7 heteroatoms. The summed E-state index contributed by atoms with van der Waals surface area (Å²) >= 11 is 1.31. The molecule has 3 N–H and O–H groups in total. The van der Waals surface area contributed by atoms with Gasteiger partial charge in [-0.15, -0.1) is 11.3 Å². The van der Waals surface area contributed by atoms with E-state index in [2.05, 4.69) is 10.3 Å². The van der Waals surface area contributed by atoms with E-state index in [0.717, 1.165) is 27.6 Å². The molecule has 1 amide bonds. The lowest BCUT2D eigenvalue weighted by Crippen LogP contribution is -2.21. The number of benzene rings is 3. The van der Waals surface area contributed by atoms with Crippen LogP contribution in [0, 0.1) is 6.92 Å². The van der Waals surface area contributed by atoms with Crippen molar-refractivity contribution < 1.29 is 14.3 Å². The fourth-order valence-corrected chi connectivity index (χ4v) is 3.72. The maximum Gasteiger partial charge on any atom is 0.340 e. The Balaban J connectivity index is 1.37. The molecule has 0 aliphatic carbocycles. The van der Waals surface area contributed by atoms with Gasteiger partial charge < -0.3 is 10.5 Å². The summed E-state index contributed by atoms with van der Waals surface area (Å²) in [5.74, 6) is -1.11. The van der Waals surface area contributed by atoms with Crippen molar-refractivity contribution in [1.82, 2.24) is 4.98 Å². The lowest BCUT2D eigenvalue weighted by atomic mass is 10.1. The minimum absolute atomic E-state index is 0.234. The van der Waals surface area contributed by atoms with Crippen molar-refractivity contribution >= 4 is 44.8 Å². The molecule has 0 saturated carbocycles. The van der Waals surface area contributed by atoms with Gasteiger partial charge in [-0.05, 0) is 29.8 Å². The molecule has 0 radical (unpaired) electrons. The van der Waals surface area contributed by atoms with Crippen LogP contribution < -0.4 is 11.1 Å². The summed E-state index contributed by atoms with van der Waals surface area (Å²) in [7, 11) is 0. The van der Waals surface area contributed by atoms with Gasteiger partial charge in [0.15, 0.2) is 11.7 Å². The number of amides is 1. The maximum absolute atomic E-state index is 12.4. The molecule has 0 atom stereocenters. The Bertz CT molecular complexity index is 1230. The van der Waals surface area contributed by atoms with Gasteiger partial charge in [-0.3, -0.25) is 10.1 Å². The van der Waals surface area contributed by atoms with Gasteiger partial charge in [0, 0.05) is 16.6 Å². The quantitative estimate of drug-likeness (QED) is 0.364. The van der Waals surface area contributed by atoms with Crippen molar-refractivity contribution in [2.45, 2.75) is 6.92 Å². The second-order valence-electron chi connectivity index (χ2n) is 6.81. The molecule has 1 aromatic heterocycles. The van der Waals surface area contributed by atoms with Crippen molar-refractivity contribution in [3.8, 4) is 11.3 Å². The van der Waals surface area contributed by atoms with Crippen LogP contribution in [0.2, 0.25) is 0 Å². The highest BCUT2D eigenvalue weighted by Crippen LogP contribution is 2.25. The van der Waals surface area contributed by atoms with E-state index in [1.54, 1.807) is 12.1 Å². The molecule has 0 bridgehead atoms. The van der Waals surface area contributed by atoms with Gasteiger partial charge in [-0.1, -0.05) is 54.1 Å². The molecular formula is C23H19N3O3S. The summed E-state index contributed by atoms with van der Waals surface area (Å²) in [6, 6.07) is 18.9. The molecule has 6 nitrogen and oxygen atoms in total. The van der Waals surface area contributed by atoms with Crippen molar-refractivity contribution in [3.05, 3.63) is 77.2 Å². The van der Waals surface area contributed by atoms with Gasteiger partial charge in [-0.25, -0.2) is 9.78 Å². The van der Waals surface area contributed by atoms with E-state index < -0.39 is 18.5 Å². The van der Waals surface area contributed by atoms with Crippen LogP contribution >= 0.6 is 11.3 Å². The number of carbonyl (C=O) groups excluding carboxylic acids is 2. The molecule has 4 aromatic rings. The zero-order valence-electron chi connectivity index (χ0n) is 16.2. The van der Waals surface area contributed by atoms with Gasteiger partial charge in [0.1, 0.15) is 0 Å². The third kappa shape index (κ3) is 4.31. The van der Waals surface area contributed by atoms with Crippen LogP contribution in [0.4, 0.5) is 10.8 Å². The van der Waals surface area contributed by atoms with Crippen molar-refractivity contribution in [1.29, 1.82) is 0 Å². The number of ether oxygens (including phenoxy) is 1. The predicted molar refractivity (Wildman–Crippen MR) is 120 cm³/mol. The highest BCUT2D eigenvalue weighted by molar-refractivity contribution is 7.14. The average molecular weight is 417 g/mol. The standard InChI is InChI=1S/C23H19N3O3S/c1-14-6-8-15(9-7-14)20-13-30-23(25-20)26-21(27)12-29-22(28)18-10-16-4-2-3-5-17(16)11-19(18)24/h2-11,13H,12,24H2,1H3,(H,25,26,27). The Morgan fingerprint density at radius 3 is 2.50 bits per heavy atom. The zero-order valence-corrected chi connectivity index (χ0v) is 17.0. The van der Waals surface area contributed by atoms with Crippen LogP contribution in [0.25, 0.3) is 22.0 Å². The van der Waals surface area contributed by atoms with Gasteiger partial charge in [-0.2, -0.15) is 0 Å². The number of nitrogens with one attached hydrogen (secondary N) is 1. The first-order chi connectivity index (χ1) is 14.5. The van der Waals surface area contributed by atoms with E-state index in [1.807, 2.05) is 60.8 Å². The number of aryl methyl sites for hydroxylation is 1. The minimum Gasteiger partial charge on any atom is -0.452 e. The number of hydrogen-bond acceptors (Lipinski definition) is 6. The molecule has 4 rings (SSSR count). The fraction of sp³-hybridized carbons (Fsp3) is 0.0870. The number of aromatic nitrogens is 1. The molecule has 0 aliphatic rings. The topological polar surface area (TPSA) is 94.3 Å². The second kappa shape index (κ2) is 8.34. The third-order valence-electron chi connectivity index (χ3n) is 4.57. The molecule has 30 heavy (non-hydrogen) atoms. The van der Waals surface area contributed by atoms with E-state index >= 15 is 0 Å². The monoisotopic (exact) mass is 417 g/mol. The first-order valence-corrected chi connectivity index (χ1v) is 10.2. The SMILES string of the molecule is Cc1ccc(-c2csc(NC(=O)COC(=O)c3cc4ccccc4cc3N)n2)cc1. The largest absolute Gasteiger partial charge is 0.452 e. The van der Waals surface area contributed by atoms with E-state index in [4.69, 9.17) is 10.5 Å². The lowest BCUT2D eigenvalue weighted by Gasteiger charge is -2.08. The molecule has 0 unspecified atom stereocenters. The Labute approximate surface area is 177 Å². The summed E-state index contributed by atoms with van der Waals surface area (Å²) in [6.45, 7) is 1.59. The molecule has 3 aromatic carbocycles. The van der Waals surface area contributed by atoms with Gasteiger partial charge >= 0.3 is 5.97 Å². The Morgan fingerprint density at radius 2 is 1.77 bits per heavy atom. The summed E-state index contributed by atoms with van der Waals surface area (Å²) < 4.78 is 5.14. The van der Waals surface area contributed by atoms with Crippen molar-refractivity contribution in [2.24, 2.45) is 0 Å². The molecule has 0 saturated heterocycles. The Kier molecular flexibility index (Phi) is 5.45. The van der Waals surface area contributed by atoms with Crippen molar-refractivity contribution in [2.75, 3.05) is 17.7 Å². The number of nitrogens with zero attached hydrogens (tertiary/aromatic N) is 1. The van der Waals surface area contributed by atoms with Crippen LogP contribution in [0.3, 0.4) is 0 Å². The highest BCUT2D eigenvalue weighted by Gasteiger charge is 2.15. The van der Waals surface area contributed by atoms with Crippen LogP contribution in [0.1, 0.15) is 15.9 Å². The first kappa shape index (κ1) is 19.6. The van der Waals surface area contributed by atoms with E-state index in [-0.39, 0.29) is 5.56 Å². The van der Waals surface area contributed by atoms with Crippen LogP contribution in [0.5, 0.6) is 0 Å². The van der Waals surface area contributed by atoms with E-state index in [0.29, 0.717) is 10.8 Å². The van der Waals surface area contributed by atoms with E-state index in [1.165, 1.54) is 11.3 Å². The fourth-order valence-electron chi connectivity index (χ4n) is 2.99. The summed E-state index contributed by atoms with van der Waals surface area (Å²) in [4.78, 5) is 29.0. The third-order valence-corrected chi connectivity index (χ3v) is 5.33. The van der Waals surface area contributed by atoms with Crippen LogP contribution in [-0.2, 0) is 9.53 Å². The van der Waals surface area contributed by atoms with Gasteiger partial charge in [0.25, 0.3) is 5.91 Å². The molecular weight excluding hydrogens is 398 g/mol. The summed E-state index contributed by atoms with van der Waals surface area (Å²) in [6.07, 6.45) is 0. The van der Waals surface area contributed by atoms with Crippen LogP contribution in [0.15, 0.2) is 66.0 Å². The Hall–Kier alpha value is -3.71. The average Bonchev–Trinajstić information content (AvgIpc) is 3.20. The first-order valence-electron chi connectivity index (χ1n) is 9.27. The van der Waals surface area contributed by atoms with Gasteiger partial charge in [0.2, 0.25) is 0 Å². The van der Waals surface area contributed by atoms with Gasteiger partial charge in [0.05, 0.1) is 11.3 Å². The summed E-state index contributed by atoms with van der Waals surface area (Å²) in [5, 5.41) is 6.76. The minimum atomic E-state index is -0.645. The smallest absolute Gasteiger partial charge is 0.340 e. The molecule has 150 valence electrons. The number of fused-ring (bicyclic) bond motifs is 1. The maximum atomic E-state index is 12.4. The van der Waals surface area contributed by atoms with Crippen molar-refractivity contribution in [3.63, 3.8) is 0 Å². The molecule has 0 aliphatic heterocycles.